The molecule has 22 heavy (non-hydrogen) atoms. The van der Waals surface area contributed by atoms with Gasteiger partial charge in [-0.1, -0.05) is 48.5 Å². The van der Waals surface area contributed by atoms with E-state index in [9.17, 15) is 9.90 Å². The van der Waals surface area contributed by atoms with Crippen LogP contribution < -0.4 is 0 Å². The Morgan fingerprint density at radius 1 is 1.05 bits per heavy atom. The van der Waals surface area contributed by atoms with Crippen LogP contribution in [0.4, 0.5) is 0 Å². The number of aromatic carboxylic acids is 1. The summed E-state index contributed by atoms with van der Waals surface area (Å²) in [5, 5.41) is 10.5. The van der Waals surface area contributed by atoms with Crippen LogP contribution in [-0.2, 0) is 0 Å². The molecule has 1 aromatic heterocycles. The zero-order chi connectivity index (χ0) is 15.7. The number of carboxylic acid groups (broad SMARTS) is 1. The van der Waals surface area contributed by atoms with E-state index >= 15 is 0 Å². The summed E-state index contributed by atoms with van der Waals surface area (Å²) in [5.74, 6) is -0.936. The smallest absolute Gasteiger partial charge is 0.352 e. The second-order valence-electron chi connectivity index (χ2n) is 5.54. The van der Waals surface area contributed by atoms with Crippen molar-refractivity contribution in [2.75, 3.05) is 14.1 Å². The number of hydrogen-bond donors (Lipinski definition) is 2. The summed E-state index contributed by atoms with van der Waals surface area (Å²) in [5.41, 5.74) is 2.97. The van der Waals surface area contributed by atoms with Gasteiger partial charge in [-0.05, 0) is 25.7 Å². The lowest BCUT2D eigenvalue weighted by Crippen LogP contribution is -2.22. The number of para-hydroxylation sites is 1. The van der Waals surface area contributed by atoms with Gasteiger partial charge in [0.1, 0.15) is 5.69 Å². The zero-order valence-corrected chi connectivity index (χ0v) is 12.6. The van der Waals surface area contributed by atoms with Gasteiger partial charge in [-0.2, -0.15) is 0 Å². The van der Waals surface area contributed by atoms with Crippen molar-refractivity contribution >= 4 is 16.9 Å². The predicted octanol–water partition coefficient (Wildman–Crippen LogP) is 3.52. The van der Waals surface area contributed by atoms with Gasteiger partial charge < -0.3 is 10.1 Å². The molecule has 0 aliphatic rings. The van der Waals surface area contributed by atoms with Gasteiger partial charge in [0.05, 0.1) is 6.04 Å². The molecular formula is C18H18N2O2. The molecule has 2 N–H and O–H groups in total. The lowest BCUT2D eigenvalue weighted by Gasteiger charge is -2.25. The average Bonchev–Trinajstić information content (AvgIpc) is 2.88. The van der Waals surface area contributed by atoms with Crippen LogP contribution in [0.25, 0.3) is 10.9 Å². The van der Waals surface area contributed by atoms with Gasteiger partial charge in [0.25, 0.3) is 0 Å². The van der Waals surface area contributed by atoms with Gasteiger partial charge >= 0.3 is 5.97 Å². The standard InChI is InChI=1S/C18H18N2O2/c1-20(2)17(12-8-4-3-5-9-12)15-13-10-6-7-11-14(13)19-16(15)18(21)22/h3-11,17,19H,1-2H3,(H,21,22). The van der Waals surface area contributed by atoms with Crippen molar-refractivity contribution in [2.45, 2.75) is 6.04 Å². The summed E-state index contributed by atoms with van der Waals surface area (Å²) >= 11 is 0. The Kier molecular flexibility index (Phi) is 3.69. The number of aromatic nitrogens is 1. The molecule has 4 heteroatoms. The van der Waals surface area contributed by atoms with Crippen molar-refractivity contribution < 1.29 is 9.90 Å². The molecule has 0 spiro atoms. The number of fused-ring (bicyclic) bond motifs is 1. The van der Waals surface area contributed by atoms with Crippen LogP contribution in [0.15, 0.2) is 54.6 Å². The van der Waals surface area contributed by atoms with Gasteiger partial charge in [-0.3, -0.25) is 4.90 Å². The molecule has 1 atom stereocenters. The average molecular weight is 294 g/mol. The summed E-state index contributed by atoms with van der Waals surface area (Å²) < 4.78 is 0. The predicted molar refractivity (Wildman–Crippen MR) is 87.2 cm³/mol. The lowest BCUT2D eigenvalue weighted by atomic mass is 9.95. The quantitative estimate of drug-likeness (QED) is 0.774. The summed E-state index contributed by atoms with van der Waals surface area (Å²) in [6.45, 7) is 0. The topological polar surface area (TPSA) is 56.3 Å². The Hall–Kier alpha value is -2.59. The van der Waals surface area contributed by atoms with Crippen molar-refractivity contribution in [3.8, 4) is 0 Å². The molecule has 0 aliphatic carbocycles. The highest BCUT2D eigenvalue weighted by Crippen LogP contribution is 2.35. The van der Waals surface area contributed by atoms with Gasteiger partial charge in [0.2, 0.25) is 0 Å². The number of nitrogens with zero attached hydrogens (tertiary/aromatic N) is 1. The molecule has 112 valence electrons. The largest absolute Gasteiger partial charge is 0.477 e. The fraction of sp³-hybridized carbons (Fsp3) is 0.167. The monoisotopic (exact) mass is 294 g/mol. The highest BCUT2D eigenvalue weighted by atomic mass is 16.4. The van der Waals surface area contributed by atoms with E-state index in [2.05, 4.69) is 4.98 Å². The first-order valence-corrected chi connectivity index (χ1v) is 7.15. The molecule has 0 aliphatic heterocycles. The van der Waals surface area contributed by atoms with Crippen LogP contribution in [0.1, 0.15) is 27.7 Å². The Labute approximate surface area is 129 Å². The Morgan fingerprint density at radius 2 is 1.68 bits per heavy atom. The van der Waals surface area contributed by atoms with Gasteiger partial charge in [0.15, 0.2) is 0 Å². The Balaban J connectivity index is 2.30. The van der Waals surface area contributed by atoms with Crippen LogP contribution in [0, 0.1) is 0 Å². The number of H-pyrrole nitrogens is 1. The van der Waals surface area contributed by atoms with E-state index in [4.69, 9.17) is 0 Å². The molecule has 3 aromatic rings. The molecule has 0 fully saturated rings. The third-order valence-corrected chi connectivity index (χ3v) is 3.87. The van der Waals surface area contributed by atoms with Crippen molar-refractivity contribution in [3.63, 3.8) is 0 Å². The maximum atomic E-state index is 11.7. The van der Waals surface area contributed by atoms with Gasteiger partial charge in [0, 0.05) is 16.5 Å². The fourth-order valence-electron chi connectivity index (χ4n) is 2.97. The lowest BCUT2D eigenvalue weighted by molar-refractivity contribution is 0.0689. The minimum atomic E-state index is -0.936. The number of nitrogens with one attached hydrogen (secondary N) is 1. The second-order valence-corrected chi connectivity index (χ2v) is 5.54. The minimum Gasteiger partial charge on any atom is -0.477 e. The fourth-order valence-corrected chi connectivity index (χ4v) is 2.97. The molecule has 0 amide bonds. The molecule has 3 rings (SSSR count). The molecule has 1 heterocycles. The molecule has 0 saturated carbocycles. The number of carbonyl (C=O) groups is 1. The highest BCUT2D eigenvalue weighted by Gasteiger charge is 2.26. The Morgan fingerprint density at radius 3 is 2.32 bits per heavy atom. The number of aromatic amines is 1. The van der Waals surface area contributed by atoms with Gasteiger partial charge in [-0.25, -0.2) is 4.79 Å². The summed E-state index contributed by atoms with van der Waals surface area (Å²) in [6, 6.07) is 17.5. The van der Waals surface area contributed by atoms with E-state index < -0.39 is 5.97 Å². The van der Waals surface area contributed by atoms with Crippen LogP contribution in [0.3, 0.4) is 0 Å². The van der Waals surface area contributed by atoms with Crippen molar-refractivity contribution in [1.29, 1.82) is 0 Å². The third kappa shape index (κ3) is 2.38. The first-order chi connectivity index (χ1) is 10.6. The van der Waals surface area contributed by atoms with Crippen LogP contribution in [0.5, 0.6) is 0 Å². The van der Waals surface area contributed by atoms with Crippen LogP contribution in [0.2, 0.25) is 0 Å². The number of hydrogen-bond acceptors (Lipinski definition) is 2. The summed E-state index contributed by atoms with van der Waals surface area (Å²) in [4.78, 5) is 16.8. The first-order valence-electron chi connectivity index (χ1n) is 7.15. The highest BCUT2D eigenvalue weighted by molar-refractivity contribution is 5.98. The maximum absolute atomic E-state index is 11.7. The second kappa shape index (κ2) is 5.66. The van der Waals surface area contributed by atoms with Crippen LogP contribution in [-0.4, -0.2) is 35.1 Å². The van der Waals surface area contributed by atoms with E-state index in [1.807, 2.05) is 73.6 Å². The van der Waals surface area contributed by atoms with Gasteiger partial charge in [-0.15, -0.1) is 0 Å². The molecule has 1 unspecified atom stereocenters. The van der Waals surface area contributed by atoms with E-state index in [1.54, 1.807) is 0 Å². The third-order valence-electron chi connectivity index (χ3n) is 3.87. The van der Waals surface area contributed by atoms with E-state index in [-0.39, 0.29) is 11.7 Å². The van der Waals surface area contributed by atoms with Crippen LogP contribution >= 0.6 is 0 Å². The molecular weight excluding hydrogens is 276 g/mol. The molecule has 2 aromatic carbocycles. The summed E-state index contributed by atoms with van der Waals surface area (Å²) in [7, 11) is 3.93. The maximum Gasteiger partial charge on any atom is 0.352 e. The molecule has 0 radical (unpaired) electrons. The van der Waals surface area contributed by atoms with E-state index in [0.29, 0.717) is 0 Å². The zero-order valence-electron chi connectivity index (χ0n) is 12.6. The summed E-state index contributed by atoms with van der Waals surface area (Å²) in [6.07, 6.45) is 0. The number of carboxylic acids is 1. The minimum absolute atomic E-state index is 0.122. The SMILES string of the molecule is CN(C)C(c1ccccc1)c1c(C(=O)O)[nH]c2ccccc12. The Bertz CT molecular complexity index is 806. The normalized spacial score (nSPS) is 12.7. The van der Waals surface area contributed by atoms with Crippen molar-refractivity contribution in [3.05, 3.63) is 71.4 Å². The molecule has 0 saturated heterocycles. The van der Waals surface area contributed by atoms with Crippen molar-refractivity contribution in [1.82, 2.24) is 9.88 Å². The molecule has 4 nitrogen and oxygen atoms in total. The number of benzene rings is 2. The van der Waals surface area contributed by atoms with E-state index in [0.717, 1.165) is 22.0 Å². The first kappa shape index (κ1) is 14.4. The van der Waals surface area contributed by atoms with Crippen molar-refractivity contribution in [2.24, 2.45) is 0 Å². The van der Waals surface area contributed by atoms with E-state index in [1.165, 1.54) is 0 Å². The molecule has 0 bridgehead atoms. The number of rotatable bonds is 4.